The van der Waals surface area contributed by atoms with E-state index in [4.69, 9.17) is 4.42 Å². The molecule has 2 aromatic rings. The normalized spacial score (nSPS) is 20.2. The number of imide groups is 1. The summed E-state index contributed by atoms with van der Waals surface area (Å²) in [6, 6.07) is 7.40. The maximum Gasteiger partial charge on any atom is 0.349 e. The summed E-state index contributed by atoms with van der Waals surface area (Å²) in [5, 5.41) is 2.84. The molecule has 1 saturated carbocycles. The van der Waals surface area contributed by atoms with Crippen molar-refractivity contribution in [1.82, 2.24) is 10.2 Å². The first-order valence-corrected chi connectivity index (χ1v) is 7.74. The summed E-state index contributed by atoms with van der Waals surface area (Å²) < 4.78 is 5.20. The van der Waals surface area contributed by atoms with Crippen LogP contribution >= 0.6 is 0 Å². The highest BCUT2D eigenvalue weighted by Crippen LogP contribution is 2.32. The summed E-state index contributed by atoms with van der Waals surface area (Å²) >= 11 is 0. The fraction of sp³-hybridized carbons (Fsp3) is 0.294. The molecule has 7 nitrogen and oxygen atoms in total. The standard InChI is InChI=1S/C17H14N2O5/c20-14-8-12(15(21)18-14)19(10-5-6-10)16(22)11-7-9-3-1-2-4-13(9)24-17(11)23/h1-4,7,10,12H,5-6,8H2,(H,18,20,21)/t12-/m1/s1. The summed E-state index contributed by atoms with van der Waals surface area (Å²) in [4.78, 5) is 49.9. The minimum absolute atomic E-state index is 0.0695. The highest BCUT2D eigenvalue weighted by molar-refractivity contribution is 6.08. The molecule has 24 heavy (non-hydrogen) atoms. The molecule has 1 aliphatic carbocycles. The number of fused-ring (bicyclic) bond motifs is 1. The van der Waals surface area contributed by atoms with Gasteiger partial charge in [-0.05, 0) is 25.0 Å². The molecule has 2 fully saturated rings. The third-order valence-corrected chi connectivity index (χ3v) is 4.33. The van der Waals surface area contributed by atoms with Crippen LogP contribution in [0.15, 0.2) is 39.5 Å². The monoisotopic (exact) mass is 326 g/mol. The van der Waals surface area contributed by atoms with Gasteiger partial charge in [-0.15, -0.1) is 0 Å². The van der Waals surface area contributed by atoms with Gasteiger partial charge < -0.3 is 9.32 Å². The zero-order valence-electron chi connectivity index (χ0n) is 12.7. The van der Waals surface area contributed by atoms with Crippen LogP contribution in [-0.4, -0.2) is 34.7 Å². The summed E-state index contributed by atoms with van der Waals surface area (Å²) in [5.41, 5.74) is -0.465. The third kappa shape index (κ3) is 2.38. The van der Waals surface area contributed by atoms with Gasteiger partial charge in [-0.2, -0.15) is 0 Å². The summed E-state index contributed by atoms with van der Waals surface area (Å²) in [7, 11) is 0. The lowest BCUT2D eigenvalue weighted by Crippen LogP contribution is -2.47. The highest BCUT2D eigenvalue weighted by atomic mass is 16.4. The van der Waals surface area contributed by atoms with Gasteiger partial charge in [-0.3, -0.25) is 19.7 Å². The Bertz CT molecular complexity index is 928. The molecule has 3 amide bonds. The van der Waals surface area contributed by atoms with E-state index >= 15 is 0 Å². The lowest BCUT2D eigenvalue weighted by Gasteiger charge is -2.26. The smallest absolute Gasteiger partial charge is 0.349 e. The van der Waals surface area contributed by atoms with Crippen molar-refractivity contribution in [3.8, 4) is 0 Å². The van der Waals surface area contributed by atoms with Crippen molar-refractivity contribution in [3.05, 3.63) is 46.3 Å². The van der Waals surface area contributed by atoms with Gasteiger partial charge in [0.1, 0.15) is 17.2 Å². The minimum Gasteiger partial charge on any atom is -0.422 e. The Morgan fingerprint density at radius 1 is 1.17 bits per heavy atom. The summed E-state index contributed by atoms with van der Waals surface area (Å²) in [5.74, 6) is -1.47. The molecule has 2 aliphatic rings. The fourth-order valence-corrected chi connectivity index (χ4v) is 3.03. The van der Waals surface area contributed by atoms with Crippen LogP contribution < -0.4 is 10.9 Å². The molecule has 1 atom stereocenters. The Morgan fingerprint density at radius 2 is 1.92 bits per heavy atom. The summed E-state index contributed by atoms with van der Waals surface area (Å²) in [6.45, 7) is 0. The predicted octanol–water partition coefficient (Wildman–Crippen LogP) is 0.813. The van der Waals surface area contributed by atoms with Gasteiger partial charge in [0.15, 0.2) is 0 Å². The molecular weight excluding hydrogens is 312 g/mol. The maximum absolute atomic E-state index is 12.9. The fourth-order valence-electron chi connectivity index (χ4n) is 3.03. The van der Waals surface area contributed by atoms with Gasteiger partial charge in [0, 0.05) is 11.4 Å². The Morgan fingerprint density at radius 3 is 2.58 bits per heavy atom. The zero-order valence-corrected chi connectivity index (χ0v) is 12.7. The summed E-state index contributed by atoms with van der Waals surface area (Å²) in [6.07, 6.45) is 1.44. The predicted molar refractivity (Wildman–Crippen MR) is 83.2 cm³/mol. The molecule has 0 radical (unpaired) electrons. The zero-order chi connectivity index (χ0) is 16.8. The Balaban J connectivity index is 1.76. The number of rotatable bonds is 3. The molecular formula is C17H14N2O5. The second-order valence-corrected chi connectivity index (χ2v) is 6.06. The molecule has 1 aromatic heterocycles. The van der Waals surface area contributed by atoms with Gasteiger partial charge in [0.2, 0.25) is 11.8 Å². The molecule has 0 bridgehead atoms. The number of nitrogens with one attached hydrogen (secondary N) is 1. The second-order valence-electron chi connectivity index (χ2n) is 6.06. The lowest BCUT2D eigenvalue weighted by molar-refractivity contribution is -0.126. The number of amides is 3. The number of hydrogen-bond acceptors (Lipinski definition) is 5. The number of para-hydroxylation sites is 1. The average molecular weight is 326 g/mol. The van der Waals surface area contributed by atoms with E-state index in [0.717, 1.165) is 12.8 Å². The molecule has 2 heterocycles. The number of benzene rings is 1. The lowest BCUT2D eigenvalue weighted by atomic mass is 10.1. The first-order valence-electron chi connectivity index (χ1n) is 7.74. The van der Waals surface area contributed by atoms with Crippen LogP contribution in [-0.2, 0) is 9.59 Å². The van der Waals surface area contributed by atoms with Crippen LogP contribution in [0.4, 0.5) is 0 Å². The number of carbonyl (C=O) groups excluding carboxylic acids is 3. The van der Waals surface area contributed by atoms with E-state index in [2.05, 4.69) is 5.32 Å². The highest BCUT2D eigenvalue weighted by Gasteiger charge is 2.45. The molecule has 0 spiro atoms. The van der Waals surface area contributed by atoms with Crippen LogP contribution in [0.1, 0.15) is 29.6 Å². The maximum atomic E-state index is 12.9. The minimum atomic E-state index is -0.858. The Labute approximate surface area is 136 Å². The van der Waals surface area contributed by atoms with E-state index < -0.39 is 29.4 Å². The molecule has 1 aromatic carbocycles. The number of hydrogen-bond donors (Lipinski definition) is 1. The van der Waals surface area contributed by atoms with Crippen molar-refractivity contribution in [2.45, 2.75) is 31.3 Å². The first-order chi connectivity index (χ1) is 11.5. The van der Waals surface area contributed by atoms with E-state index in [0.29, 0.717) is 11.0 Å². The van der Waals surface area contributed by atoms with Crippen LogP contribution in [0, 0.1) is 0 Å². The quantitative estimate of drug-likeness (QED) is 0.665. The van der Waals surface area contributed by atoms with E-state index in [1.165, 1.54) is 11.0 Å². The van der Waals surface area contributed by atoms with Crippen molar-refractivity contribution in [2.75, 3.05) is 0 Å². The SMILES string of the molecule is O=C1C[C@@H](N(C(=O)c2cc3ccccc3oc2=O)C2CC2)C(=O)N1. The van der Waals surface area contributed by atoms with E-state index in [1.54, 1.807) is 24.3 Å². The Kier molecular flexibility index (Phi) is 3.23. The molecule has 1 aliphatic heterocycles. The van der Waals surface area contributed by atoms with Gasteiger partial charge in [0.05, 0.1) is 6.42 Å². The first kappa shape index (κ1) is 14.6. The van der Waals surface area contributed by atoms with Gasteiger partial charge in [-0.1, -0.05) is 18.2 Å². The van der Waals surface area contributed by atoms with E-state index in [1.807, 2.05) is 0 Å². The van der Waals surface area contributed by atoms with Gasteiger partial charge in [-0.25, -0.2) is 4.79 Å². The van der Waals surface area contributed by atoms with Crippen molar-refractivity contribution in [2.24, 2.45) is 0 Å². The van der Waals surface area contributed by atoms with Crippen molar-refractivity contribution in [3.63, 3.8) is 0 Å². The van der Waals surface area contributed by atoms with E-state index in [-0.39, 0.29) is 18.0 Å². The molecule has 1 N–H and O–H groups in total. The molecule has 122 valence electrons. The van der Waals surface area contributed by atoms with Crippen LogP contribution in [0.25, 0.3) is 11.0 Å². The van der Waals surface area contributed by atoms with Gasteiger partial charge >= 0.3 is 5.63 Å². The molecule has 7 heteroatoms. The third-order valence-electron chi connectivity index (χ3n) is 4.33. The second kappa shape index (κ2) is 5.30. The van der Waals surface area contributed by atoms with Crippen LogP contribution in [0.2, 0.25) is 0 Å². The number of carbonyl (C=O) groups is 3. The molecule has 4 rings (SSSR count). The number of nitrogens with zero attached hydrogens (tertiary/aromatic N) is 1. The van der Waals surface area contributed by atoms with Crippen molar-refractivity contribution in [1.29, 1.82) is 0 Å². The van der Waals surface area contributed by atoms with Crippen molar-refractivity contribution < 1.29 is 18.8 Å². The van der Waals surface area contributed by atoms with Crippen LogP contribution in [0.3, 0.4) is 0 Å². The van der Waals surface area contributed by atoms with Crippen molar-refractivity contribution >= 4 is 28.7 Å². The van der Waals surface area contributed by atoms with Crippen LogP contribution in [0.5, 0.6) is 0 Å². The molecule has 0 unspecified atom stereocenters. The topological polar surface area (TPSA) is 96.7 Å². The largest absolute Gasteiger partial charge is 0.422 e. The Hall–Kier alpha value is -2.96. The molecule has 1 saturated heterocycles. The van der Waals surface area contributed by atoms with Gasteiger partial charge in [0.25, 0.3) is 5.91 Å². The average Bonchev–Trinajstić information content (AvgIpc) is 3.32. The van der Waals surface area contributed by atoms with E-state index in [9.17, 15) is 19.2 Å².